The van der Waals surface area contributed by atoms with Crippen LogP contribution in [0.1, 0.15) is 35.7 Å². The topological polar surface area (TPSA) is 54.5 Å². The van der Waals surface area contributed by atoms with Gasteiger partial charge in [0.05, 0.1) is 4.90 Å². The average molecular weight is 336 g/mol. The number of carbonyl (C=O) groups excluding carboxylic acids is 1. The second kappa shape index (κ2) is 5.54. The Labute approximate surface area is 128 Å². The number of carbonyl (C=O) groups is 1. The average Bonchev–Trinajstić information content (AvgIpc) is 3.16. The van der Waals surface area contributed by atoms with Gasteiger partial charge in [0.15, 0.2) is 0 Å². The highest BCUT2D eigenvalue weighted by Crippen LogP contribution is 2.31. The Balaban J connectivity index is 2.47. The van der Waals surface area contributed by atoms with Gasteiger partial charge in [-0.05, 0) is 44.4 Å². The summed E-state index contributed by atoms with van der Waals surface area (Å²) in [6.45, 7) is 4.04. The summed E-state index contributed by atoms with van der Waals surface area (Å²) in [4.78, 5) is 14.0. The number of hydrogen-bond donors (Lipinski definition) is 0. The minimum atomic E-state index is -3.93. The number of nitrogens with zero attached hydrogens (tertiary/aromatic N) is 1. The first-order valence-corrected chi connectivity index (χ1v) is 9.00. The number of benzene rings is 1. The minimum Gasteiger partial charge on any atom is -0.336 e. The van der Waals surface area contributed by atoms with Gasteiger partial charge >= 0.3 is 0 Å². The lowest BCUT2D eigenvalue weighted by atomic mass is 10.1. The van der Waals surface area contributed by atoms with E-state index in [0.717, 1.165) is 12.8 Å². The molecule has 1 saturated carbocycles. The van der Waals surface area contributed by atoms with E-state index in [9.17, 15) is 13.2 Å². The molecule has 20 heavy (non-hydrogen) atoms. The fourth-order valence-electron chi connectivity index (χ4n) is 2.15. The van der Waals surface area contributed by atoms with Crippen molar-refractivity contribution in [3.05, 3.63) is 28.3 Å². The molecule has 0 atom stereocenters. The molecule has 1 aliphatic rings. The highest BCUT2D eigenvalue weighted by molar-refractivity contribution is 8.13. The van der Waals surface area contributed by atoms with Gasteiger partial charge in [-0.2, -0.15) is 0 Å². The van der Waals surface area contributed by atoms with Crippen LogP contribution in [0.3, 0.4) is 0 Å². The van der Waals surface area contributed by atoms with Gasteiger partial charge in [0.2, 0.25) is 0 Å². The van der Waals surface area contributed by atoms with Crippen LogP contribution in [0.25, 0.3) is 0 Å². The Morgan fingerprint density at radius 3 is 2.45 bits per heavy atom. The number of rotatable bonds is 4. The molecule has 1 aromatic rings. The number of amides is 1. The van der Waals surface area contributed by atoms with Crippen LogP contribution in [-0.4, -0.2) is 31.8 Å². The molecule has 0 heterocycles. The molecule has 0 N–H and O–H groups in total. The van der Waals surface area contributed by atoms with Crippen molar-refractivity contribution >= 4 is 37.2 Å². The van der Waals surface area contributed by atoms with Crippen LogP contribution < -0.4 is 0 Å². The van der Waals surface area contributed by atoms with E-state index in [0.29, 0.717) is 12.1 Å². The molecular formula is C13H15Cl2NO3S. The molecule has 1 fully saturated rings. The summed E-state index contributed by atoms with van der Waals surface area (Å²) in [6, 6.07) is 3.05. The lowest BCUT2D eigenvalue weighted by Gasteiger charge is -2.21. The Morgan fingerprint density at radius 1 is 1.40 bits per heavy atom. The largest absolute Gasteiger partial charge is 0.336 e. The second-order valence-electron chi connectivity index (χ2n) is 4.84. The van der Waals surface area contributed by atoms with Crippen LogP contribution in [0.4, 0.5) is 0 Å². The molecule has 1 amide bonds. The van der Waals surface area contributed by atoms with Crippen molar-refractivity contribution in [2.24, 2.45) is 0 Å². The van der Waals surface area contributed by atoms with Crippen LogP contribution in [-0.2, 0) is 9.05 Å². The van der Waals surface area contributed by atoms with Gasteiger partial charge in [-0.1, -0.05) is 11.6 Å². The van der Waals surface area contributed by atoms with Gasteiger partial charge in [0.1, 0.15) is 0 Å². The molecule has 2 rings (SSSR count). The summed E-state index contributed by atoms with van der Waals surface area (Å²) >= 11 is 6.02. The lowest BCUT2D eigenvalue weighted by Crippen LogP contribution is -2.32. The molecule has 4 nitrogen and oxygen atoms in total. The van der Waals surface area contributed by atoms with Gasteiger partial charge in [-0.3, -0.25) is 4.79 Å². The molecule has 0 aliphatic heterocycles. The summed E-state index contributed by atoms with van der Waals surface area (Å²) in [5.74, 6) is -0.210. The summed E-state index contributed by atoms with van der Waals surface area (Å²) in [5, 5.41) is 0.224. The predicted octanol–water partition coefficient (Wildman–Crippen LogP) is 3.20. The van der Waals surface area contributed by atoms with Gasteiger partial charge < -0.3 is 4.90 Å². The third-order valence-corrected chi connectivity index (χ3v) is 5.24. The van der Waals surface area contributed by atoms with Gasteiger partial charge in [0.25, 0.3) is 15.0 Å². The number of halogens is 2. The maximum Gasteiger partial charge on any atom is 0.261 e. The standard InChI is InChI=1S/C13H15Cl2NO3S/c1-3-16(10-4-5-10)13(17)9-6-11(14)8(2)12(7-9)20(15,18)19/h6-7,10H,3-5H2,1-2H3. The van der Waals surface area contributed by atoms with Gasteiger partial charge in [-0.25, -0.2) is 8.42 Å². The maximum absolute atomic E-state index is 12.4. The summed E-state index contributed by atoms with van der Waals surface area (Å²) < 4.78 is 23.1. The second-order valence-corrected chi connectivity index (χ2v) is 7.78. The van der Waals surface area contributed by atoms with E-state index >= 15 is 0 Å². The first-order chi connectivity index (χ1) is 9.25. The Hall–Kier alpha value is -0.780. The first-order valence-electron chi connectivity index (χ1n) is 6.31. The van der Waals surface area contributed by atoms with Crippen molar-refractivity contribution in [3.8, 4) is 0 Å². The highest BCUT2D eigenvalue weighted by Gasteiger charge is 2.32. The van der Waals surface area contributed by atoms with Crippen LogP contribution in [0.15, 0.2) is 17.0 Å². The van der Waals surface area contributed by atoms with Crippen LogP contribution in [0.5, 0.6) is 0 Å². The van der Waals surface area contributed by atoms with Gasteiger partial charge in [-0.15, -0.1) is 0 Å². The van der Waals surface area contributed by atoms with E-state index in [2.05, 4.69) is 0 Å². The minimum absolute atomic E-state index is 0.109. The fraction of sp³-hybridized carbons (Fsp3) is 0.462. The van der Waals surface area contributed by atoms with Crippen LogP contribution >= 0.6 is 22.3 Å². The molecule has 1 aromatic carbocycles. The zero-order valence-electron chi connectivity index (χ0n) is 11.2. The van der Waals surface area contributed by atoms with Crippen LogP contribution in [0, 0.1) is 6.92 Å². The molecule has 0 bridgehead atoms. The van der Waals surface area contributed by atoms with Crippen molar-refractivity contribution in [1.29, 1.82) is 0 Å². The Morgan fingerprint density at radius 2 is 2.00 bits per heavy atom. The Bertz CT molecular complexity index is 654. The molecule has 110 valence electrons. The first kappa shape index (κ1) is 15.6. The van der Waals surface area contributed by atoms with Crippen LogP contribution in [0.2, 0.25) is 5.02 Å². The molecule has 0 spiro atoms. The zero-order valence-corrected chi connectivity index (χ0v) is 13.5. The zero-order chi connectivity index (χ0) is 15.1. The predicted molar refractivity (Wildman–Crippen MR) is 79.0 cm³/mol. The van der Waals surface area contributed by atoms with Crippen molar-refractivity contribution in [3.63, 3.8) is 0 Å². The highest BCUT2D eigenvalue weighted by atomic mass is 35.7. The van der Waals surface area contributed by atoms with E-state index in [4.69, 9.17) is 22.3 Å². The van der Waals surface area contributed by atoms with Crippen molar-refractivity contribution in [2.45, 2.75) is 37.6 Å². The fourth-order valence-corrected chi connectivity index (χ4v) is 3.65. The summed E-state index contributed by atoms with van der Waals surface area (Å²) in [7, 11) is 1.46. The summed E-state index contributed by atoms with van der Waals surface area (Å²) in [5.41, 5.74) is 0.612. The lowest BCUT2D eigenvalue weighted by molar-refractivity contribution is 0.0752. The molecular weight excluding hydrogens is 321 g/mol. The monoisotopic (exact) mass is 335 g/mol. The van der Waals surface area contributed by atoms with Crippen molar-refractivity contribution in [1.82, 2.24) is 4.90 Å². The maximum atomic E-state index is 12.4. The van der Waals surface area contributed by atoms with Crippen molar-refractivity contribution < 1.29 is 13.2 Å². The molecule has 1 aliphatic carbocycles. The number of hydrogen-bond acceptors (Lipinski definition) is 3. The Kier molecular flexibility index (Phi) is 4.33. The van der Waals surface area contributed by atoms with E-state index in [1.54, 1.807) is 11.8 Å². The SMILES string of the molecule is CCN(C(=O)c1cc(Cl)c(C)c(S(=O)(=O)Cl)c1)C1CC1. The molecule has 0 saturated heterocycles. The molecule has 0 unspecified atom stereocenters. The smallest absolute Gasteiger partial charge is 0.261 e. The van der Waals surface area contributed by atoms with Crippen molar-refractivity contribution in [2.75, 3.05) is 6.54 Å². The quantitative estimate of drug-likeness (QED) is 0.794. The molecule has 0 radical (unpaired) electrons. The van der Waals surface area contributed by atoms with E-state index in [1.807, 2.05) is 6.92 Å². The molecule has 7 heteroatoms. The third-order valence-electron chi connectivity index (χ3n) is 3.40. The third kappa shape index (κ3) is 3.10. The molecule has 0 aromatic heterocycles. The van der Waals surface area contributed by atoms with E-state index in [-0.39, 0.29) is 27.4 Å². The van der Waals surface area contributed by atoms with E-state index in [1.165, 1.54) is 12.1 Å². The summed E-state index contributed by atoms with van der Waals surface area (Å²) in [6.07, 6.45) is 1.97. The van der Waals surface area contributed by atoms with Gasteiger partial charge in [0, 0.05) is 33.9 Å². The normalized spacial score (nSPS) is 15.2. The van der Waals surface area contributed by atoms with E-state index < -0.39 is 9.05 Å².